The Hall–Kier alpha value is -0.810. The third-order valence-corrected chi connectivity index (χ3v) is 2.18. The summed E-state index contributed by atoms with van der Waals surface area (Å²) >= 11 is 0. The van der Waals surface area contributed by atoms with Gasteiger partial charge in [-0.2, -0.15) is 0 Å². The number of carbonyl (C=O) groups excluding carboxylic acids is 1. The lowest BCUT2D eigenvalue weighted by molar-refractivity contribution is -0.139. The number of carbonyl (C=O) groups is 2. The third kappa shape index (κ3) is 3.93. The van der Waals surface area contributed by atoms with Crippen LogP contribution in [0.15, 0.2) is 0 Å². The number of amides is 1. The highest BCUT2D eigenvalue weighted by Gasteiger charge is 2.19. The van der Waals surface area contributed by atoms with Crippen LogP contribution in [0.3, 0.4) is 0 Å². The monoisotopic (exact) mass is 222 g/mol. The molecule has 1 aliphatic rings. The first-order valence-electron chi connectivity index (χ1n) is 4.29. The molecule has 6 heteroatoms. The minimum absolute atomic E-state index is 0. The van der Waals surface area contributed by atoms with Crippen molar-refractivity contribution in [2.24, 2.45) is 0 Å². The van der Waals surface area contributed by atoms with Crippen molar-refractivity contribution in [2.45, 2.75) is 6.92 Å². The van der Waals surface area contributed by atoms with Gasteiger partial charge in [-0.3, -0.25) is 14.5 Å². The molecule has 0 aromatic heterocycles. The van der Waals surface area contributed by atoms with Gasteiger partial charge in [-0.25, -0.2) is 0 Å². The maximum absolute atomic E-state index is 10.9. The average Bonchev–Trinajstić information content (AvgIpc) is 2.04. The van der Waals surface area contributed by atoms with Gasteiger partial charge < -0.3 is 10.0 Å². The number of rotatable bonds is 2. The molecular formula is C8H15ClN2O3. The quantitative estimate of drug-likeness (QED) is 0.694. The summed E-state index contributed by atoms with van der Waals surface area (Å²) in [5.41, 5.74) is 0. The van der Waals surface area contributed by atoms with Crippen molar-refractivity contribution in [1.29, 1.82) is 0 Å². The molecule has 0 saturated carbocycles. The molecule has 0 unspecified atom stereocenters. The molecule has 1 fully saturated rings. The summed E-state index contributed by atoms with van der Waals surface area (Å²) in [6.45, 7) is 4.21. The first-order chi connectivity index (χ1) is 6.09. The molecule has 1 saturated heterocycles. The Morgan fingerprint density at radius 1 is 1.21 bits per heavy atom. The fourth-order valence-electron chi connectivity index (χ4n) is 1.41. The van der Waals surface area contributed by atoms with E-state index in [9.17, 15) is 9.59 Å². The fourth-order valence-corrected chi connectivity index (χ4v) is 1.41. The van der Waals surface area contributed by atoms with Crippen molar-refractivity contribution in [3.8, 4) is 0 Å². The minimum Gasteiger partial charge on any atom is -0.480 e. The summed E-state index contributed by atoms with van der Waals surface area (Å²) in [6, 6.07) is 0. The number of hydrogen-bond donors (Lipinski definition) is 1. The average molecular weight is 223 g/mol. The van der Waals surface area contributed by atoms with Gasteiger partial charge in [-0.05, 0) is 0 Å². The van der Waals surface area contributed by atoms with Crippen LogP contribution in [0.5, 0.6) is 0 Å². The van der Waals surface area contributed by atoms with Gasteiger partial charge >= 0.3 is 5.97 Å². The van der Waals surface area contributed by atoms with E-state index >= 15 is 0 Å². The predicted octanol–water partition coefficient (Wildman–Crippen LogP) is -0.343. The standard InChI is InChI=1S/C8H14N2O3.ClH/c1-7(11)10-4-2-9(3-5-10)6-8(12)13;/h2-6H2,1H3,(H,12,13);1H. The van der Waals surface area contributed by atoms with Crippen molar-refractivity contribution in [2.75, 3.05) is 32.7 Å². The van der Waals surface area contributed by atoms with Crippen LogP contribution in [0.2, 0.25) is 0 Å². The highest BCUT2D eigenvalue weighted by atomic mass is 35.5. The van der Waals surface area contributed by atoms with Crippen LogP contribution < -0.4 is 0 Å². The highest BCUT2D eigenvalue weighted by Crippen LogP contribution is 2.00. The normalized spacial score (nSPS) is 17.4. The second kappa shape index (κ2) is 5.82. The lowest BCUT2D eigenvalue weighted by atomic mass is 10.3. The van der Waals surface area contributed by atoms with Crippen LogP contribution in [-0.4, -0.2) is 59.5 Å². The van der Waals surface area contributed by atoms with E-state index in [1.54, 1.807) is 4.90 Å². The van der Waals surface area contributed by atoms with Crippen LogP contribution in [0.4, 0.5) is 0 Å². The molecular weight excluding hydrogens is 208 g/mol. The second-order valence-electron chi connectivity index (χ2n) is 3.18. The van der Waals surface area contributed by atoms with Crippen LogP contribution in [-0.2, 0) is 9.59 Å². The maximum Gasteiger partial charge on any atom is 0.317 e. The summed E-state index contributed by atoms with van der Waals surface area (Å²) in [5, 5.41) is 8.52. The zero-order valence-corrected chi connectivity index (χ0v) is 8.92. The second-order valence-corrected chi connectivity index (χ2v) is 3.18. The first-order valence-corrected chi connectivity index (χ1v) is 4.29. The predicted molar refractivity (Wildman–Crippen MR) is 53.6 cm³/mol. The number of nitrogens with zero attached hydrogens (tertiary/aromatic N) is 2. The Labute approximate surface area is 89.1 Å². The molecule has 1 amide bonds. The van der Waals surface area contributed by atoms with E-state index in [-0.39, 0.29) is 24.9 Å². The number of piperazine rings is 1. The van der Waals surface area contributed by atoms with E-state index in [1.807, 2.05) is 4.90 Å². The lowest BCUT2D eigenvalue weighted by Gasteiger charge is -2.33. The van der Waals surface area contributed by atoms with E-state index in [2.05, 4.69) is 0 Å². The lowest BCUT2D eigenvalue weighted by Crippen LogP contribution is -2.49. The molecule has 5 nitrogen and oxygen atoms in total. The van der Waals surface area contributed by atoms with Crippen LogP contribution in [0.1, 0.15) is 6.92 Å². The zero-order chi connectivity index (χ0) is 9.84. The number of hydrogen-bond acceptors (Lipinski definition) is 3. The Balaban J connectivity index is 0.00000169. The topological polar surface area (TPSA) is 60.9 Å². The van der Waals surface area contributed by atoms with Gasteiger partial charge in [0.2, 0.25) is 5.91 Å². The Kier molecular flexibility index (Phi) is 5.49. The van der Waals surface area contributed by atoms with Gasteiger partial charge in [0.05, 0.1) is 6.54 Å². The third-order valence-electron chi connectivity index (χ3n) is 2.18. The Bertz CT molecular complexity index is 215. The molecule has 0 atom stereocenters. The van der Waals surface area contributed by atoms with Crippen molar-refractivity contribution < 1.29 is 14.7 Å². The van der Waals surface area contributed by atoms with E-state index in [1.165, 1.54) is 6.92 Å². The van der Waals surface area contributed by atoms with Gasteiger partial charge in [0.15, 0.2) is 0 Å². The zero-order valence-electron chi connectivity index (χ0n) is 8.10. The van der Waals surface area contributed by atoms with Crippen LogP contribution in [0.25, 0.3) is 0 Å². The molecule has 82 valence electrons. The number of carboxylic acid groups (broad SMARTS) is 1. The summed E-state index contributed by atoms with van der Waals surface area (Å²) in [6.07, 6.45) is 0. The molecule has 0 radical (unpaired) electrons. The van der Waals surface area contributed by atoms with Crippen LogP contribution >= 0.6 is 12.4 Å². The SMILES string of the molecule is CC(=O)N1CCN(CC(=O)O)CC1.Cl. The van der Waals surface area contributed by atoms with Gasteiger partial charge in [0.1, 0.15) is 0 Å². The molecule has 1 aliphatic heterocycles. The highest BCUT2D eigenvalue weighted by molar-refractivity contribution is 5.85. The molecule has 1 N–H and O–H groups in total. The molecule has 0 spiro atoms. The Morgan fingerprint density at radius 2 is 1.71 bits per heavy atom. The maximum atomic E-state index is 10.9. The molecule has 0 aliphatic carbocycles. The molecule has 0 bridgehead atoms. The summed E-state index contributed by atoms with van der Waals surface area (Å²) < 4.78 is 0. The van der Waals surface area contributed by atoms with E-state index in [0.29, 0.717) is 26.2 Å². The minimum atomic E-state index is -0.809. The summed E-state index contributed by atoms with van der Waals surface area (Å²) in [5.74, 6) is -0.744. The van der Waals surface area contributed by atoms with Crippen molar-refractivity contribution in [3.05, 3.63) is 0 Å². The smallest absolute Gasteiger partial charge is 0.317 e. The molecule has 0 aromatic rings. The first kappa shape index (κ1) is 13.2. The van der Waals surface area contributed by atoms with Gasteiger partial charge in [0.25, 0.3) is 0 Å². The van der Waals surface area contributed by atoms with E-state index in [0.717, 1.165) is 0 Å². The molecule has 1 heterocycles. The van der Waals surface area contributed by atoms with Crippen molar-refractivity contribution in [1.82, 2.24) is 9.80 Å². The summed E-state index contributed by atoms with van der Waals surface area (Å²) in [4.78, 5) is 24.8. The number of carboxylic acids is 1. The van der Waals surface area contributed by atoms with Gasteiger partial charge in [0, 0.05) is 33.1 Å². The van der Waals surface area contributed by atoms with Gasteiger partial charge in [-0.1, -0.05) is 0 Å². The van der Waals surface area contributed by atoms with Gasteiger partial charge in [-0.15, -0.1) is 12.4 Å². The fraction of sp³-hybridized carbons (Fsp3) is 0.750. The van der Waals surface area contributed by atoms with E-state index < -0.39 is 5.97 Å². The van der Waals surface area contributed by atoms with Crippen molar-refractivity contribution >= 4 is 24.3 Å². The van der Waals surface area contributed by atoms with Crippen molar-refractivity contribution in [3.63, 3.8) is 0 Å². The molecule has 0 aromatic carbocycles. The summed E-state index contributed by atoms with van der Waals surface area (Å²) in [7, 11) is 0. The molecule has 1 rings (SSSR count). The number of aliphatic carboxylic acids is 1. The number of halogens is 1. The van der Waals surface area contributed by atoms with E-state index in [4.69, 9.17) is 5.11 Å². The largest absolute Gasteiger partial charge is 0.480 e. The van der Waals surface area contributed by atoms with Crippen LogP contribution in [0, 0.1) is 0 Å². The molecule has 14 heavy (non-hydrogen) atoms. The Morgan fingerprint density at radius 3 is 2.07 bits per heavy atom.